The summed E-state index contributed by atoms with van der Waals surface area (Å²) < 4.78 is 0. The molecule has 0 heterocycles. The van der Waals surface area contributed by atoms with Crippen LogP contribution in [0.25, 0.3) is 0 Å². The first kappa shape index (κ1) is 13.1. The molecule has 2 aliphatic rings. The van der Waals surface area contributed by atoms with Gasteiger partial charge in [-0.15, -0.1) is 0 Å². The zero-order valence-corrected chi connectivity index (χ0v) is 11.4. The third-order valence-corrected chi connectivity index (χ3v) is 5.24. The van der Waals surface area contributed by atoms with E-state index in [0.717, 1.165) is 17.8 Å². The van der Waals surface area contributed by atoms with Crippen molar-refractivity contribution in [1.82, 2.24) is 0 Å². The number of carbonyl (C=O) groups is 1. The van der Waals surface area contributed by atoms with Crippen molar-refractivity contribution >= 4 is 6.29 Å². The average molecular weight is 236 g/mol. The monoisotopic (exact) mass is 236 g/mol. The van der Waals surface area contributed by atoms with Crippen LogP contribution in [0, 0.1) is 23.7 Å². The van der Waals surface area contributed by atoms with Gasteiger partial charge in [-0.2, -0.15) is 0 Å². The van der Waals surface area contributed by atoms with Crippen LogP contribution in [0.4, 0.5) is 0 Å². The lowest BCUT2D eigenvalue weighted by atomic mass is 9.66. The van der Waals surface area contributed by atoms with E-state index in [0.29, 0.717) is 5.92 Å². The normalized spacial score (nSPS) is 38.9. The molecule has 0 N–H and O–H groups in total. The van der Waals surface area contributed by atoms with E-state index in [2.05, 4.69) is 6.92 Å². The fourth-order valence-corrected chi connectivity index (χ4v) is 4.26. The van der Waals surface area contributed by atoms with Crippen LogP contribution >= 0.6 is 0 Å². The minimum absolute atomic E-state index is 0.400. The Hall–Kier alpha value is -0.330. The third-order valence-electron chi connectivity index (χ3n) is 5.24. The molecule has 2 atom stereocenters. The molecule has 2 aliphatic carbocycles. The van der Waals surface area contributed by atoms with E-state index in [4.69, 9.17) is 0 Å². The first-order valence-electron chi connectivity index (χ1n) is 7.80. The summed E-state index contributed by atoms with van der Waals surface area (Å²) in [6.07, 6.45) is 14.8. The highest BCUT2D eigenvalue weighted by Gasteiger charge is 2.33. The highest BCUT2D eigenvalue weighted by molar-refractivity contribution is 5.54. The summed E-state index contributed by atoms with van der Waals surface area (Å²) in [5, 5.41) is 0. The predicted molar refractivity (Wildman–Crippen MR) is 71.9 cm³/mol. The Labute approximate surface area is 106 Å². The van der Waals surface area contributed by atoms with Gasteiger partial charge in [0.1, 0.15) is 6.29 Å². The van der Waals surface area contributed by atoms with Gasteiger partial charge in [0.25, 0.3) is 0 Å². The van der Waals surface area contributed by atoms with Crippen LogP contribution in [0.2, 0.25) is 0 Å². The molecule has 98 valence electrons. The van der Waals surface area contributed by atoms with Crippen molar-refractivity contribution in [3.05, 3.63) is 0 Å². The minimum atomic E-state index is 0.400. The van der Waals surface area contributed by atoms with Crippen LogP contribution in [0.5, 0.6) is 0 Å². The maximum absolute atomic E-state index is 11.2. The van der Waals surface area contributed by atoms with Gasteiger partial charge in [0, 0.05) is 5.92 Å². The van der Waals surface area contributed by atoms with Gasteiger partial charge < -0.3 is 4.79 Å². The molecule has 0 aromatic rings. The third kappa shape index (κ3) is 3.33. The Morgan fingerprint density at radius 1 is 1.00 bits per heavy atom. The van der Waals surface area contributed by atoms with Crippen LogP contribution < -0.4 is 0 Å². The van der Waals surface area contributed by atoms with Crippen LogP contribution in [0.15, 0.2) is 0 Å². The lowest BCUT2D eigenvalue weighted by Gasteiger charge is -2.38. The predicted octanol–water partition coefficient (Wildman–Crippen LogP) is 4.60. The Bertz CT molecular complexity index is 228. The Kier molecular flexibility index (Phi) is 5.06. The quantitative estimate of drug-likeness (QED) is 0.652. The number of aldehydes is 1. The Morgan fingerprint density at radius 3 is 2.35 bits per heavy atom. The molecule has 2 fully saturated rings. The van der Waals surface area contributed by atoms with Crippen molar-refractivity contribution in [3.8, 4) is 0 Å². The number of carbonyl (C=O) groups excluding carboxylic acids is 1. The largest absolute Gasteiger partial charge is 0.303 e. The number of rotatable bonds is 4. The second kappa shape index (κ2) is 6.56. The van der Waals surface area contributed by atoms with Gasteiger partial charge in [-0.05, 0) is 43.4 Å². The maximum Gasteiger partial charge on any atom is 0.123 e. The molecular weight excluding hydrogens is 208 g/mol. The molecule has 1 heteroatoms. The Morgan fingerprint density at radius 2 is 1.71 bits per heavy atom. The smallest absolute Gasteiger partial charge is 0.123 e. The Balaban J connectivity index is 1.84. The van der Waals surface area contributed by atoms with E-state index >= 15 is 0 Å². The minimum Gasteiger partial charge on any atom is -0.303 e. The number of hydrogen-bond acceptors (Lipinski definition) is 1. The molecule has 2 rings (SSSR count). The molecule has 0 spiro atoms. The first-order valence-corrected chi connectivity index (χ1v) is 7.80. The summed E-state index contributed by atoms with van der Waals surface area (Å²) in [6.45, 7) is 2.30. The first-order chi connectivity index (χ1) is 8.35. The van der Waals surface area contributed by atoms with E-state index in [1.807, 2.05) is 0 Å². The van der Waals surface area contributed by atoms with Gasteiger partial charge in [-0.3, -0.25) is 0 Å². The summed E-state index contributed by atoms with van der Waals surface area (Å²) in [4.78, 5) is 11.2. The summed E-state index contributed by atoms with van der Waals surface area (Å²) >= 11 is 0. The second-order valence-electron chi connectivity index (χ2n) is 6.32. The second-order valence-corrected chi connectivity index (χ2v) is 6.32. The zero-order chi connectivity index (χ0) is 12.1. The summed E-state index contributed by atoms with van der Waals surface area (Å²) in [7, 11) is 0. The van der Waals surface area contributed by atoms with Crippen molar-refractivity contribution < 1.29 is 4.79 Å². The van der Waals surface area contributed by atoms with Gasteiger partial charge >= 0.3 is 0 Å². The molecular formula is C16H28O. The van der Waals surface area contributed by atoms with Gasteiger partial charge in [0.15, 0.2) is 0 Å². The van der Waals surface area contributed by atoms with Crippen molar-refractivity contribution in [2.45, 2.75) is 71.1 Å². The average Bonchev–Trinajstić information content (AvgIpc) is 2.40. The molecule has 0 aliphatic heterocycles. The molecule has 17 heavy (non-hydrogen) atoms. The molecule has 1 nitrogen and oxygen atoms in total. The maximum atomic E-state index is 11.2. The summed E-state index contributed by atoms with van der Waals surface area (Å²) in [6, 6.07) is 0. The van der Waals surface area contributed by atoms with Crippen LogP contribution in [-0.2, 0) is 4.79 Å². The van der Waals surface area contributed by atoms with Crippen molar-refractivity contribution in [2.75, 3.05) is 0 Å². The molecule has 2 unspecified atom stereocenters. The summed E-state index contributed by atoms with van der Waals surface area (Å²) in [5.74, 6) is 3.01. The van der Waals surface area contributed by atoms with Crippen LogP contribution in [0.1, 0.15) is 71.1 Å². The molecule has 0 aromatic carbocycles. The van der Waals surface area contributed by atoms with E-state index in [1.165, 1.54) is 70.5 Å². The van der Waals surface area contributed by atoms with Gasteiger partial charge in [-0.1, -0.05) is 45.4 Å². The lowest BCUT2D eigenvalue weighted by molar-refractivity contribution is -0.114. The van der Waals surface area contributed by atoms with Crippen molar-refractivity contribution in [3.63, 3.8) is 0 Å². The van der Waals surface area contributed by atoms with Gasteiger partial charge in [0.05, 0.1) is 0 Å². The topological polar surface area (TPSA) is 17.1 Å². The zero-order valence-electron chi connectivity index (χ0n) is 11.4. The molecule has 0 bridgehead atoms. The van der Waals surface area contributed by atoms with Crippen molar-refractivity contribution in [1.29, 1.82) is 0 Å². The number of hydrogen-bond donors (Lipinski definition) is 0. The molecule has 0 radical (unpaired) electrons. The van der Waals surface area contributed by atoms with E-state index in [1.54, 1.807) is 0 Å². The molecule has 0 amide bonds. The van der Waals surface area contributed by atoms with Gasteiger partial charge in [0.2, 0.25) is 0 Å². The van der Waals surface area contributed by atoms with Crippen LogP contribution in [-0.4, -0.2) is 6.29 Å². The van der Waals surface area contributed by atoms with E-state index in [9.17, 15) is 4.79 Å². The highest BCUT2D eigenvalue weighted by Crippen LogP contribution is 2.42. The SMILES string of the molecule is CCCC1CCC(C2CCCCC2C=O)CC1. The van der Waals surface area contributed by atoms with Crippen LogP contribution in [0.3, 0.4) is 0 Å². The fourth-order valence-electron chi connectivity index (χ4n) is 4.26. The van der Waals surface area contributed by atoms with E-state index in [-0.39, 0.29) is 0 Å². The molecule has 0 saturated heterocycles. The lowest BCUT2D eigenvalue weighted by Crippen LogP contribution is -2.30. The fraction of sp³-hybridized carbons (Fsp3) is 0.938. The molecule has 2 saturated carbocycles. The summed E-state index contributed by atoms with van der Waals surface area (Å²) in [5.41, 5.74) is 0. The van der Waals surface area contributed by atoms with E-state index < -0.39 is 0 Å². The molecule has 0 aromatic heterocycles. The van der Waals surface area contributed by atoms with Crippen molar-refractivity contribution in [2.24, 2.45) is 23.7 Å². The van der Waals surface area contributed by atoms with Gasteiger partial charge in [-0.25, -0.2) is 0 Å². The highest BCUT2D eigenvalue weighted by atomic mass is 16.1. The standard InChI is InChI=1S/C16H28O/c1-2-5-13-8-10-14(11-9-13)16-7-4-3-6-15(16)12-17/h12-16H,2-11H2,1H3.